The van der Waals surface area contributed by atoms with Gasteiger partial charge >= 0.3 is 0 Å². The van der Waals surface area contributed by atoms with Crippen molar-refractivity contribution in [2.24, 2.45) is 0 Å². The Morgan fingerprint density at radius 1 is 0.300 bits per heavy atom. The third-order valence-corrected chi connectivity index (χ3v) is 14.6. The fourth-order valence-electron chi connectivity index (χ4n) is 11.1. The van der Waals surface area contributed by atoms with Crippen LogP contribution in [0, 0.1) is 13.8 Å². The molecule has 8 bridgehead atoms. The van der Waals surface area contributed by atoms with Crippen LogP contribution in [0.1, 0.15) is 11.1 Å². The monoisotopic (exact) mass is 892 g/mol. The van der Waals surface area contributed by atoms with Gasteiger partial charge in [-0.1, -0.05) is 157 Å². The third kappa shape index (κ3) is 5.86. The molecule has 0 saturated carbocycles. The number of benzene rings is 10. The number of aromatic nitrogens is 6. The van der Waals surface area contributed by atoms with Crippen LogP contribution in [0.2, 0.25) is 0 Å². The van der Waals surface area contributed by atoms with E-state index in [-0.39, 0.29) is 0 Å². The van der Waals surface area contributed by atoms with Gasteiger partial charge in [0.05, 0.1) is 22.4 Å². The topological polar surface area (TPSA) is 83.1 Å². The number of hydrogen-bond acceptors (Lipinski definition) is 4. The Morgan fingerprint density at radius 3 is 0.971 bits per heavy atom. The van der Waals surface area contributed by atoms with Crippen LogP contribution in [-0.4, -0.2) is 29.9 Å². The maximum Gasteiger partial charge on any atom is 0.164 e. The predicted octanol–water partition coefficient (Wildman–Crippen LogP) is 16.6. The quantitative estimate of drug-likeness (QED) is 0.181. The number of rotatable bonds is 2. The molecule has 0 spiro atoms. The van der Waals surface area contributed by atoms with Crippen molar-refractivity contribution in [1.82, 2.24) is 29.9 Å². The van der Waals surface area contributed by atoms with E-state index in [4.69, 9.17) is 19.9 Å². The molecule has 6 heteroatoms. The van der Waals surface area contributed by atoms with Crippen LogP contribution in [-0.2, 0) is 0 Å². The van der Waals surface area contributed by atoms with Gasteiger partial charge in [-0.05, 0) is 117 Å². The van der Waals surface area contributed by atoms with Gasteiger partial charge in [-0.2, -0.15) is 0 Å². The van der Waals surface area contributed by atoms with Crippen molar-refractivity contribution in [1.29, 1.82) is 0 Å². The minimum Gasteiger partial charge on any atom is -0.339 e. The maximum atomic E-state index is 6.01. The van der Waals surface area contributed by atoms with Gasteiger partial charge in [0.25, 0.3) is 0 Å². The van der Waals surface area contributed by atoms with Crippen LogP contribution >= 0.6 is 0 Å². The number of nitrogens with one attached hydrogen (secondary N) is 2. The van der Waals surface area contributed by atoms with Crippen LogP contribution in [0.5, 0.6) is 0 Å². The van der Waals surface area contributed by atoms with Crippen molar-refractivity contribution in [3.05, 3.63) is 205 Å². The normalized spacial score (nSPS) is 12.1. The SMILES string of the molecule is Cc1ccc(-c2c3nc(c(-c4ccc(C)cc4)c4[nH]c(nc5nc(nc6[nH]c2c2cc7ccccc7cc62)-c2cc6ccccc6cc2-5)c2cc5ccccc5cc42)-c2cc4ccccc4cc2-3)cc1. The van der Waals surface area contributed by atoms with Gasteiger partial charge in [0.15, 0.2) is 11.6 Å². The number of aryl methyl sites for hydroxylation is 2. The number of aromatic amines is 2. The van der Waals surface area contributed by atoms with Gasteiger partial charge in [-0.3, -0.25) is 0 Å². The molecule has 0 saturated heterocycles. The van der Waals surface area contributed by atoms with E-state index in [1.807, 2.05) is 0 Å². The Hall–Kier alpha value is -9.26. The molecule has 10 aromatic carbocycles. The molecule has 13 aromatic rings. The molecule has 0 aliphatic carbocycles. The number of hydrogen-bond donors (Lipinski definition) is 2. The molecular weight excluding hydrogens is 853 g/mol. The minimum atomic E-state index is 0.602. The molecule has 2 aliphatic rings. The molecule has 15 rings (SSSR count). The molecule has 6 nitrogen and oxygen atoms in total. The minimum absolute atomic E-state index is 0.602. The first-order valence-electron chi connectivity index (χ1n) is 23.9. The fourth-order valence-corrected chi connectivity index (χ4v) is 11.1. The first-order chi connectivity index (χ1) is 34.5. The van der Waals surface area contributed by atoms with E-state index in [1.54, 1.807) is 0 Å². The summed E-state index contributed by atoms with van der Waals surface area (Å²) < 4.78 is 0. The van der Waals surface area contributed by atoms with E-state index in [9.17, 15) is 0 Å². The summed E-state index contributed by atoms with van der Waals surface area (Å²) in [6, 6.07) is 70.3. The molecule has 0 amide bonds. The smallest absolute Gasteiger partial charge is 0.164 e. The standard InChI is InChI=1S/C64H40N6/c1-35-19-23-37(24-20-35)55-57-47-27-39-11-3-4-12-40(39)28-48(47)58(65-57)56(38-25-21-36(2)22-26-38)60-50-30-42-14-6-8-16-44(42)32-52(50)62(67-60)69-64-54-34-46-18-10-9-17-45(46)33-53(54)63(70-64)68-61-51-31-43-15-7-5-13-41(43)29-49(51)59(55)66-61/h3-34H,1-2H3,(H2,66,67,68,69,70). The second kappa shape index (κ2) is 14.6. The van der Waals surface area contributed by atoms with Crippen molar-refractivity contribution in [2.75, 3.05) is 0 Å². The summed E-state index contributed by atoms with van der Waals surface area (Å²) in [6.45, 7) is 4.28. The summed E-state index contributed by atoms with van der Waals surface area (Å²) in [5.41, 5.74) is 15.5. The van der Waals surface area contributed by atoms with Crippen molar-refractivity contribution in [2.45, 2.75) is 13.8 Å². The second-order valence-electron chi connectivity index (χ2n) is 19.0. The van der Waals surface area contributed by atoms with Crippen LogP contribution in [0.3, 0.4) is 0 Å². The lowest BCUT2D eigenvalue weighted by Crippen LogP contribution is -1.87. The lowest BCUT2D eigenvalue weighted by molar-refractivity contribution is 1.22. The average Bonchev–Trinajstić information content (AvgIpc) is 4.13. The molecule has 5 heterocycles. The van der Waals surface area contributed by atoms with Gasteiger partial charge in [0.1, 0.15) is 11.3 Å². The van der Waals surface area contributed by atoms with E-state index in [1.165, 1.54) is 11.1 Å². The molecule has 326 valence electrons. The maximum absolute atomic E-state index is 6.01. The molecule has 2 N–H and O–H groups in total. The molecule has 70 heavy (non-hydrogen) atoms. The Kier molecular flexibility index (Phi) is 8.10. The molecule has 2 aliphatic heterocycles. The van der Waals surface area contributed by atoms with E-state index in [0.29, 0.717) is 11.6 Å². The van der Waals surface area contributed by atoms with Crippen LogP contribution in [0.15, 0.2) is 194 Å². The van der Waals surface area contributed by atoms with Crippen LogP contribution < -0.4 is 0 Å². The zero-order valence-corrected chi connectivity index (χ0v) is 38.3. The van der Waals surface area contributed by atoms with E-state index >= 15 is 0 Å². The van der Waals surface area contributed by atoms with Gasteiger partial charge < -0.3 is 9.97 Å². The van der Waals surface area contributed by atoms with Gasteiger partial charge in [0.2, 0.25) is 0 Å². The molecule has 3 aromatic heterocycles. The highest BCUT2D eigenvalue weighted by Crippen LogP contribution is 2.50. The van der Waals surface area contributed by atoms with E-state index in [2.05, 4.69) is 218 Å². The molecule has 0 radical (unpaired) electrons. The first-order valence-corrected chi connectivity index (χ1v) is 23.9. The zero-order valence-electron chi connectivity index (χ0n) is 38.3. The summed E-state index contributed by atoms with van der Waals surface area (Å²) in [5, 5.41) is 13.2. The molecular formula is C64H40N6. The summed E-state index contributed by atoms with van der Waals surface area (Å²) in [7, 11) is 0. The summed E-state index contributed by atoms with van der Waals surface area (Å²) in [6.07, 6.45) is 0. The highest BCUT2D eigenvalue weighted by Gasteiger charge is 2.28. The largest absolute Gasteiger partial charge is 0.339 e. The van der Waals surface area contributed by atoms with Crippen molar-refractivity contribution >= 4 is 87.0 Å². The summed E-state index contributed by atoms with van der Waals surface area (Å²) >= 11 is 0. The Bertz CT molecular complexity index is 4310. The van der Waals surface area contributed by atoms with Crippen molar-refractivity contribution < 1.29 is 0 Å². The van der Waals surface area contributed by atoms with E-state index < -0.39 is 0 Å². The zero-order chi connectivity index (χ0) is 46.2. The molecule has 0 unspecified atom stereocenters. The lowest BCUT2D eigenvalue weighted by Gasteiger charge is -2.10. The third-order valence-electron chi connectivity index (χ3n) is 14.6. The second-order valence-corrected chi connectivity index (χ2v) is 19.0. The highest BCUT2D eigenvalue weighted by molar-refractivity contribution is 6.20. The van der Waals surface area contributed by atoms with E-state index in [0.717, 1.165) is 143 Å². The highest BCUT2D eigenvalue weighted by atomic mass is 15.0. The van der Waals surface area contributed by atoms with Crippen molar-refractivity contribution in [3.63, 3.8) is 0 Å². The lowest BCUT2D eigenvalue weighted by atomic mass is 9.91. The number of H-pyrrole nitrogens is 2. The van der Waals surface area contributed by atoms with Crippen LogP contribution in [0.25, 0.3) is 155 Å². The van der Waals surface area contributed by atoms with Gasteiger partial charge in [-0.15, -0.1) is 0 Å². The molecule has 0 fully saturated rings. The number of nitrogens with zero attached hydrogens (tertiary/aromatic N) is 4. The Balaban J connectivity index is 1.24. The van der Waals surface area contributed by atoms with Gasteiger partial charge in [0, 0.05) is 54.9 Å². The summed E-state index contributed by atoms with van der Waals surface area (Å²) in [4.78, 5) is 30.5. The number of fused-ring (bicyclic) bond motifs is 24. The predicted molar refractivity (Wildman–Crippen MR) is 291 cm³/mol. The fraction of sp³-hybridized carbons (Fsp3) is 0.0312. The average molecular weight is 893 g/mol. The first kappa shape index (κ1) is 38.8. The van der Waals surface area contributed by atoms with Crippen LogP contribution in [0.4, 0.5) is 0 Å². The van der Waals surface area contributed by atoms with Gasteiger partial charge in [-0.25, -0.2) is 19.9 Å². The Morgan fingerprint density at radius 2 is 0.614 bits per heavy atom. The summed E-state index contributed by atoms with van der Waals surface area (Å²) in [5.74, 6) is 1.20. The Labute approximate surface area is 401 Å². The van der Waals surface area contributed by atoms with Crippen molar-refractivity contribution in [3.8, 4) is 67.5 Å². The molecule has 0 atom stereocenters.